The van der Waals surface area contributed by atoms with Gasteiger partial charge in [-0.2, -0.15) is 0 Å². The van der Waals surface area contributed by atoms with Gasteiger partial charge in [0, 0.05) is 13.0 Å². The van der Waals surface area contributed by atoms with Gasteiger partial charge >= 0.3 is 5.97 Å². The minimum atomic E-state index is -3.64. The number of rotatable bonds is 9. The lowest BCUT2D eigenvalue weighted by atomic mass is 10.1. The van der Waals surface area contributed by atoms with Crippen molar-refractivity contribution >= 4 is 27.6 Å². The Bertz CT molecular complexity index is 1180. The van der Waals surface area contributed by atoms with E-state index in [9.17, 15) is 18.0 Å². The minimum Gasteiger partial charge on any atom is -0.465 e. The van der Waals surface area contributed by atoms with Crippen LogP contribution in [0.4, 0.5) is 5.69 Å². The number of benzene rings is 3. The molecule has 3 aromatic rings. The van der Waals surface area contributed by atoms with E-state index in [2.05, 4.69) is 10.0 Å². The average Bonchev–Trinajstić information content (AvgIpc) is 2.82. The summed E-state index contributed by atoms with van der Waals surface area (Å²) in [5.74, 6) is -0.791. The lowest BCUT2D eigenvalue weighted by Crippen LogP contribution is -2.23. The molecule has 0 saturated carbocycles. The van der Waals surface area contributed by atoms with Crippen LogP contribution in [0.15, 0.2) is 83.8 Å². The fourth-order valence-corrected chi connectivity index (χ4v) is 4.06. The number of hydrogen-bond donors (Lipinski definition) is 2. The van der Waals surface area contributed by atoms with Gasteiger partial charge < -0.3 is 10.1 Å². The summed E-state index contributed by atoms with van der Waals surface area (Å²) in [7, 11) is -2.36. The van der Waals surface area contributed by atoms with Crippen molar-refractivity contribution in [2.45, 2.75) is 24.3 Å². The number of esters is 1. The topological polar surface area (TPSA) is 102 Å². The molecular formula is C24H24N2O5S. The quantitative estimate of drug-likeness (QED) is 0.484. The highest BCUT2D eigenvalue weighted by atomic mass is 32.2. The second-order valence-corrected chi connectivity index (χ2v) is 8.81. The first kappa shape index (κ1) is 23.2. The number of nitrogens with one attached hydrogen (secondary N) is 2. The summed E-state index contributed by atoms with van der Waals surface area (Å²) in [5.41, 5.74) is 2.35. The van der Waals surface area contributed by atoms with Crippen LogP contribution in [0.2, 0.25) is 0 Å². The fraction of sp³-hybridized carbons (Fsp3) is 0.167. The minimum absolute atomic E-state index is 0.161. The number of amides is 1. The third-order valence-corrected chi connectivity index (χ3v) is 6.21. The smallest absolute Gasteiger partial charge is 0.339 e. The molecular weight excluding hydrogens is 428 g/mol. The SMILES string of the molecule is COC(=O)c1ccccc1NC(=O)CCc1ccc(S(=O)(=O)NCc2ccccc2)cc1. The fourth-order valence-electron chi connectivity index (χ4n) is 3.04. The molecule has 0 spiro atoms. The van der Waals surface area contributed by atoms with Crippen LogP contribution in [-0.2, 0) is 32.5 Å². The number of para-hydroxylation sites is 1. The highest BCUT2D eigenvalue weighted by molar-refractivity contribution is 7.89. The largest absolute Gasteiger partial charge is 0.465 e. The Morgan fingerprint density at radius 1 is 0.844 bits per heavy atom. The molecule has 0 heterocycles. The van der Waals surface area contributed by atoms with Crippen molar-refractivity contribution in [3.8, 4) is 0 Å². The summed E-state index contributed by atoms with van der Waals surface area (Å²) in [5, 5.41) is 2.72. The number of sulfonamides is 1. The molecule has 0 aliphatic rings. The summed E-state index contributed by atoms with van der Waals surface area (Å²) in [6.07, 6.45) is 0.595. The maximum absolute atomic E-state index is 12.5. The molecule has 7 nitrogen and oxygen atoms in total. The van der Waals surface area contributed by atoms with Gasteiger partial charge in [0.15, 0.2) is 0 Å². The molecule has 0 unspecified atom stereocenters. The number of methoxy groups -OCH3 is 1. The Morgan fingerprint density at radius 2 is 1.50 bits per heavy atom. The second kappa shape index (κ2) is 10.7. The number of anilines is 1. The van der Waals surface area contributed by atoms with Crippen LogP contribution in [0.3, 0.4) is 0 Å². The summed E-state index contributed by atoms with van der Waals surface area (Å²) >= 11 is 0. The predicted octanol–water partition coefficient (Wildman–Crippen LogP) is 3.52. The molecule has 0 fully saturated rings. The zero-order valence-corrected chi connectivity index (χ0v) is 18.4. The third-order valence-electron chi connectivity index (χ3n) is 4.79. The van der Waals surface area contributed by atoms with Crippen molar-refractivity contribution < 1.29 is 22.7 Å². The van der Waals surface area contributed by atoms with Gasteiger partial charge in [0.2, 0.25) is 15.9 Å². The van der Waals surface area contributed by atoms with Gasteiger partial charge in [-0.1, -0.05) is 54.6 Å². The molecule has 8 heteroatoms. The van der Waals surface area contributed by atoms with Gasteiger partial charge in [-0.05, 0) is 41.8 Å². The first-order valence-corrected chi connectivity index (χ1v) is 11.5. The lowest BCUT2D eigenvalue weighted by Gasteiger charge is -2.10. The van der Waals surface area contributed by atoms with Gasteiger partial charge in [-0.15, -0.1) is 0 Å². The first-order valence-electron chi connectivity index (χ1n) is 9.99. The summed E-state index contributed by atoms with van der Waals surface area (Å²) in [4.78, 5) is 24.3. The Morgan fingerprint density at radius 3 is 2.19 bits per heavy atom. The standard InChI is InChI=1S/C24H24N2O5S/c1-31-24(28)21-9-5-6-10-22(21)26-23(27)16-13-18-11-14-20(15-12-18)32(29,30)25-17-19-7-3-2-4-8-19/h2-12,14-15,25H,13,16-17H2,1H3,(H,26,27). The molecule has 166 valence electrons. The van der Waals surface area contributed by atoms with Crippen molar-refractivity contribution in [2.24, 2.45) is 0 Å². The Hall–Kier alpha value is -3.49. The third kappa shape index (κ3) is 6.26. The maximum atomic E-state index is 12.5. The van der Waals surface area contributed by atoms with Crippen LogP contribution < -0.4 is 10.0 Å². The zero-order chi connectivity index (χ0) is 23.0. The van der Waals surface area contributed by atoms with Gasteiger partial charge in [-0.25, -0.2) is 17.9 Å². The Labute approximate surface area is 187 Å². The van der Waals surface area contributed by atoms with Crippen LogP contribution >= 0.6 is 0 Å². The van der Waals surface area contributed by atoms with Crippen LogP contribution in [0.1, 0.15) is 27.9 Å². The van der Waals surface area contributed by atoms with Crippen molar-refractivity contribution in [1.29, 1.82) is 0 Å². The molecule has 3 rings (SSSR count). The molecule has 2 N–H and O–H groups in total. The number of carbonyl (C=O) groups excluding carboxylic acids is 2. The molecule has 0 atom stereocenters. The van der Waals surface area contributed by atoms with Gasteiger partial charge in [0.25, 0.3) is 0 Å². The highest BCUT2D eigenvalue weighted by Crippen LogP contribution is 2.17. The van der Waals surface area contributed by atoms with Gasteiger partial charge in [0.05, 0.1) is 23.3 Å². The van der Waals surface area contributed by atoms with E-state index >= 15 is 0 Å². The number of hydrogen-bond acceptors (Lipinski definition) is 5. The van der Waals surface area contributed by atoms with E-state index in [1.165, 1.54) is 19.2 Å². The number of ether oxygens (including phenoxy) is 1. The lowest BCUT2D eigenvalue weighted by molar-refractivity contribution is -0.116. The summed E-state index contributed by atoms with van der Waals surface area (Å²) < 4.78 is 32.3. The van der Waals surface area contributed by atoms with E-state index in [1.54, 1.807) is 36.4 Å². The van der Waals surface area contributed by atoms with Crippen LogP contribution in [0, 0.1) is 0 Å². The highest BCUT2D eigenvalue weighted by Gasteiger charge is 2.15. The molecule has 0 saturated heterocycles. The van der Waals surface area contributed by atoms with E-state index < -0.39 is 16.0 Å². The number of carbonyl (C=O) groups is 2. The molecule has 1 amide bonds. The van der Waals surface area contributed by atoms with Crippen molar-refractivity contribution in [3.63, 3.8) is 0 Å². The monoisotopic (exact) mass is 452 g/mol. The number of aryl methyl sites for hydroxylation is 1. The Balaban J connectivity index is 1.56. The van der Waals surface area contributed by atoms with Gasteiger partial charge in [-0.3, -0.25) is 4.79 Å². The molecule has 0 aliphatic heterocycles. The van der Waals surface area contributed by atoms with E-state index in [-0.39, 0.29) is 29.3 Å². The van der Waals surface area contributed by atoms with Crippen LogP contribution in [0.25, 0.3) is 0 Å². The summed E-state index contributed by atoms with van der Waals surface area (Å²) in [6, 6.07) is 22.3. The van der Waals surface area contributed by atoms with Crippen LogP contribution in [-0.4, -0.2) is 27.4 Å². The molecule has 32 heavy (non-hydrogen) atoms. The first-order chi connectivity index (χ1) is 15.4. The molecule has 3 aromatic carbocycles. The zero-order valence-electron chi connectivity index (χ0n) is 17.6. The van der Waals surface area contributed by atoms with E-state index in [0.29, 0.717) is 12.1 Å². The predicted molar refractivity (Wildman–Crippen MR) is 122 cm³/mol. The molecule has 0 bridgehead atoms. The van der Waals surface area contributed by atoms with Crippen molar-refractivity contribution in [2.75, 3.05) is 12.4 Å². The molecule has 0 aromatic heterocycles. The molecule has 0 aliphatic carbocycles. The average molecular weight is 453 g/mol. The summed E-state index contributed by atoms with van der Waals surface area (Å²) in [6.45, 7) is 0.206. The molecule has 0 radical (unpaired) electrons. The maximum Gasteiger partial charge on any atom is 0.339 e. The Kier molecular flexibility index (Phi) is 7.75. The van der Waals surface area contributed by atoms with E-state index in [1.807, 2.05) is 30.3 Å². The van der Waals surface area contributed by atoms with Crippen molar-refractivity contribution in [1.82, 2.24) is 4.72 Å². The van der Waals surface area contributed by atoms with Crippen molar-refractivity contribution in [3.05, 3.63) is 95.6 Å². The van der Waals surface area contributed by atoms with Gasteiger partial charge in [0.1, 0.15) is 0 Å². The van der Waals surface area contributed by atoms with E-state index in [4.69, 9.17) is 4.74 Å². The second-order valence-electron chi connectivity index (χ2n) is 7.04. The van der Waals surface area contributed by atoms with Crippen LogP contribution in [0.5, 0.6) is 0 Å². The van der Waals surface area contributed by atoms with E-state index in [0.717, 1.165) is 11.1 Å². The normalized spacial score (nSPS) is 11.0.